The molecule has 146 valence electrons. The first-order chi connectivity index (χ1) is 13.9. The van der Waals surface area contributed by atoms with Crippen LogP contribution in [-0.4, -0.2) is 32.7 Å². The molecule has 7 heteroatoms. The molecular formula is C22H21N5O2. The number of hydrogen-bond donors (Lipinski definition) is 1. The van der Waals surface area contributed by atoms with E-state index >= 15 is 0 Å². The highest BCUT2D eigenvalue weighted by atomic mass is 16.2. The Labute approximate surface area is 169 Å². The zero-order valence-corrected chi connectivity index (χ0v) is 16.5. The number of carbonyl (C=O) groups excluding carboxylic acids is 2. The average molecular weight is 387 g/mol. The van der Waals surface area contributed by atoms with Crippen LogP contribution in [0.25, 0.3) is 5.69 Å². The van der Waals surface area contributed by atoms with Crippen LogP contribution in [0.4, 0.5) is 0 Å². The number of rotatable bonds is 6. The number of hydrogen-bond acceptors (Lipinski definition) is 5. The largest absolute Gasteiger partial charge is 0.340 e. The van der Waals surface area contributed by atoms with Crippen LogP contribution in [-0.2, 0) is 0 Å². The van der Waals surface area contributed by atoms with E-state index < -0.39 is 11.9 Å². The molecule has 0 aliphatic rings. The third-order valence-corrected chi connectivity index (χ3v) is 4.52. The Balaban J connectivity index is 1.82. The molecule has 1 aromatic heterocycles. The molecule has 0 saturated heterocycles. The van der Waals surface area contributed by atoms with Gasteiger partial charge in [0.15, 0.2) is 11.5 Å². The van der Waals surface area contributed by atoms with E-state index in [9.17, 15) is 9.59 Å². The highest BCUT2D eigenvalue weighted by molar-refractivity contribution is 6.04. The number of benzene rings is 2. The van der Waals surface area contributed by atoms with E-state index in [2.05, 4.69) is 15.5 Å². The van der Waals surface area contributed by atoms with Gasteiger partial charge in [-0.15, -0.1) is 5.10 Å². The Morgan fingerprint density at radius 3 is 2.28 bits per heavy atom. The van der Waals surface area contributed by atoms with Gasteiger partial charge in [-0.2, -0.15) is 15.2 Å². The molecule has 0 saturated carbocycles. The summed E-state index contributed by atoms with van der Waals surface area (Å²) in [5.41, 5.74) is 2.29. The van der Waals surface area contributed by atoms with Crippen molar-refractivity contribution in [2.75, 3.05) is 0 Å². The van der Waals surface area contributed by atoms with Crippen molar-refractivity contribution in [3.05, 3.63) is 77.1 Å². The monoisotopic (exact) mass is 387 g/mol. The first-order valence-corrected chi connectivity index (χ1v) is 9.25. The number of para-hydroxylation sites is 1. The van der Waals surface area contributed by atoms with E-state index in [0.717, 1.165) is 5.69 Å². The maximum atomic E-state index is 12.9. The van der Waals surface area contributed by atoms with Crippen molar-refractivity contribution in [3.8, 4) is 11.8 Å². The summed E-state index contributed by atoms with van der Waals surface area (Å²) in [5, 5.41) is 20.3. The molecule has 1 N–H and O–H groups in total. The molecule has 1 amide bonds. The number of amides is 1. The van der Waals surface area contributed by atoms with Crippen molar-refractivity contribution in [2.45, 2.75) is 26.8 Å². The number of nitrogens with zero attached hydrogens (tertiary/aromatic N) is 4. The van der Waals surface area contributed by atoms with Crippen LogP contribution >= 0.6 is 0 Å². The predicted octanol–water partition coefficient (Wildman–Crippen LogP) is 3.08. The fraction of sp³-hybridized carbons (Fsp3) is 0.227. The molecular weight excluding hydrogens is 366 g/mol. The van der Waals surface area contributed by atoms with Crippen LogP contribution in [0, 0.1) is 24.2 Å². The molecule has 2 aromatic carbocycles. The number of carbonyl (C=O) groups is 2. The van der Waals surface area contributed by atoms with E-state index in [-0.39, 0.29) is 17.4 Å². The molecule has 0 fully saturated rings. The number of ketones is 1. The maximum Gasteiger partial charge on any atom is 0.274 e. The minimum Gasteiger partial charge on any atom is -0.340 e. The molecule has 7 nitrogen and oxygen atoms in total. The summed E-state index contributed by atoms with van der Waals surface area (Å²) in [6.45, 7) is 5.43. The van der Waals surface area contributed by atoms with E-state index in [1.54, 1.807) is 31.2 Å². The fourth-order valence-corrected chi connectivity index (χ4v) is 2.90. The average Bonchev–Trinajstić information content (AvgIpc) is 3.13. The first kappa shape index (κ1) is 20.0. The molecule has 3 rings (SSSR count). The van der Waals surface area contributed by atoms with Crippen LogP contribution in [0.5, 0.6) is 0 Å². The third-order valence-electron chi connectivity index (χ3n) is 4.52. The summed E-state index contributed by atoms with van der Waals surface area (Å²) in [6, 6.07) is 16.9. The molecule has 3 aromatic rings. The van der Waals surface area contributed by atoms with Gasteiger partial charge < -0.3 is 5.32 Å². The molecule has 1 atom stereocenters. The second kappa shape index (κ2) is 8.48. The van der Waals surface area contributed by atoms with Gasteiger partial charge in [-0.1, -0.05) is 44.2 Å². The standard InChI is InChI=1S/C22H21N5O2/c1-14(2)19(21(28)17-11-9-16(13-23)10-12-17)24-22(29)20-15(3)25-27(26-20)18-7-5-4-6-8-18/h4-12,14,19H,1-3H3,(H,24,29). The minimum atomic E-state index is -0.725. The van der Waals surface area contributed by atoms with Gasteiger partial charge in [0.05, 0.1) is 29.1 Å². The van der Waals surface area contributed by atoms with E-state index in [1.807, 2.05) is 50.2 Å². The van der Waals surface area contributed by atoms with Crippen molar-refractivity contribution in [1.29, 1.82) is 5.26 Å². The van der Waals surface area contributed by atoms with Crippen LogP contribution in [0.1, 0.15) is 46.0 Å². The number of nitriles is 1. The van der Waals surface area contributed by atoms with Crippen molar-refractivity contribution in [1.82, 2.24) is 20.3 Å². The first-order valence-electron chi connectivity index (χ1n) is 9.25. The van der Waals surface area contributed by atoms with E-state index in [0.29, 0.717) is 16.8 Å². The summed E-state index contributed by atoms with van der Waals surface area (Å²) in [6.07, 6.45) is 0. The van der Waals surface area contributed by atoms with Gasteiger partial charge in [0, 0.05) is 5.56 Å². The number of aromatic nitrogens is 3. The lowest BCUT2D eigenvalue weighted by atomic mass is 9.94. The third kappa shape index (κ3) is 4.38. The summed E-state index contributed by atoms with van der Waals surface area (Å²) in [4.78, 5) is 27.2. The van der Waals surface area contributed by atoms with Crippen molar-refractivity contribution in [3.63, 3.8) is 0 Å². The topological polar surface area (TPSA) is 101 Å². The lowest BCUT2D eigenvalue weighted by molar-refractivity contribution is 0.0828. The van der Waals surface area contributed by atoms with Gasteiger partial charge in [-0.05, 0) is 37.1 Å². The Kier molecular flexibility index (Phi) is 5.84. The predicted molar refractivity (Wildman–Crippen MR) is 108 cm³/mol. The van der Waals surface area contributed by atoms with E-state index in [1.165, 1.54) is 4.80 Å². The normalized spacial score (nSPS) is 11.7. The molecule has 29 heavy (non-hydrogen) atoms. The zero-order valence-electron chi connectivity index (χ0n) is 16.5. The number of nitrogens with one attached hydrogen (secondary N) is 1. The maximum absolute atomic E-state index is 12.9. The van der Waals surface area contributed by atoms with Gasteiger partial charge in [0.25, 0.3) is 5.91 Å². The number of Topliss-reactive ketones (excluding diaryl/α,β-unsaturated/α-hetero) is 1. The van der Waals surface area contributed by atoms with Crippen LogP contribution in [0.2, 0.25) is 0 Å². The van der Waals surface area contributed by atoms with Crippen molar-refractivity contribution < 1.29 is 9.59 Å². The number of aryl methyl sites for hydroxylation is 1. The SMILES string of the molecule is Cc1nn(-c2ccccc2)nc1C(=O)NC(C(=O)c1ccc(C#N)cc1)C(C)C. The molecule has 0 aliphatic heterocycles. The molecule has 0 aliphatic carbocycles. The second-order valence-corrected chi connectivity index (χ2v) is 7.01. The molecule has 1 heterocycles. The lowest BCUT2D eigenvalue weighted by Gasteiger charge is -2.21. The molecule has 0 spiro atoms. The van der Waals surface area contributed by atoms with Crippen molar-refractivity contribution in [2.24, 2.45) is 5.92 Å². The smallest absolute Gasteiger partial charge is 0.274 e. The Hall–Kier alpha value is -3.79. The van der Waals surface area contributed by atoms with Gasteiger partial charge in [0.1, 0.15) is 0 Å². The Morgan fingerprint density at radius 2 is 1.69 bits per heavy atom. The highest BCUT2D eigenvalue weighted by Crippen LogP contribution is 2.14. The molecule has 1 unspecified atom stereocenters. The van der Waals surface area contributed by atoms with E-state index in [4.69, 9.17) is 5.26 Å². The summed E-state index contributed by atoms with van der Waals surface area (Å²) >= 11 is 0. The summed E-state index contributed by atoms with van der Waals surface area (Å²) in [5.74, 6) is -0.803. The molecule has 0 bridgehead atoms. The van der Waals surface area contributed by atoms with Gasteiger partial charge in [-0.25, -0.2) is 0 Å². The quantitative estimate of drug-likeness (QED) is 0.655. The lowest BCUT2D eigenvalue weighted by Crippen LogP contribution is -2.44. The summed E-state index contributed by atoms with van der Waals surface area (Å²) < 4.78 is 0. The van der Waals surface area contributed by atoms with Gasteiger partial charge in [0.2, 0.25) is 0 Å². The van der Waals surface area contributed by atoms with Crippen LogP contribution in [0.15, 0.2) is 54.6 Å². The van der Waals surface area contributed by atoms with Gasteiger partial charge in [-0.3, -0.25) is 9.59 Å². The second-order valence-electron chi connectivity index (χ2n) is 7.01. The van der Waals surface area contributed by atoms with Crippen LogP contribution in [0.3, 0.4) is 0 Å². The zero-order chi connectivity index (χ0) is 21.0. The van der Waals surface area contributed by atoms with Crippen LogP contribution < -0.4 is 5.32 Å². The Morgan fingerprint density at radius 1 is 1.03 bits per heavy atom. The minimum absolute atomic E-state index is 0.133. The van der Waals surface area contributed by atoms with Gasteiger partial charge >= 0.3 is 0 Å². The molecule has 0 radical (unpaired) electrons. The Bertz CT molecular complexity index is 1060. The highest BCUT2D eigenvalue weighted by Gasteiger charge is 2.27. The van der Waals surface area contributed by atoms with Crippen molar-refractivity contribution >= 4 is 11.7 Å². The fourth-order valence-electron chi connectivity index (χ4n) is 2.90. The summed E-state index contributed by atoms with van der Waals surface area (Å²) in [7, 11) is 0.